The molecule has 0 spiro atoms. The smallest absolute Gasteiger partial charge is 0.129 e. The number of benzene rings is 1. The van der Waals surface area contributed by atoms with E-state index in [-0.39, 0.29) is 0 Å². The van der Waals surface area contributed by atoms with Crippen molar-refractivity contribution >= 4 is 5.82 Å². The van der Waals surface area contributed by atoms with Gasteiger partial charge in [-0.15, -0.1) is 0 Å². The summed E-state index contributed by atoms with van der Waals surface area (Å²) in [5.74, 6) is 1.37. The molecule has 1 aromatic carbocycles. The van der Waals surface area contributed by atoms with Crippen molar-refractivity contribution in [1.29, 1.82) is 0 Å². The van der Waals surface area contributed by atoms with Crippen LogP contribution >= 0.6 is 0 Å². The van der Waals surface area contributed by atoms with Gasteiger partial charge < -0.3 is 10.5 Å². The molecule has 0 aliphatic heterocycles. The Kier molecular flexibility index (Phi) is 3.27. The minimum absolute atomic E-state index is 0.593. The Morgan fingerprint density at radius 1 is 1.14 bits per heavy atom. The monoisotopic (exact) mass is 281 g/mol. The van der Waals surface area contributed by atoms with E-state index in [2.05, 4.69) is 15.3 Å². The van der Waals surface area contributed by atoms with Crippen LogP contribution < -0.4 is 10.5 Å². The Labute approximate surface area is 122 Å². The van der Waals surface area contributed by atoms with Gasteiger partial charge in [0.15, 0.2) is 0 Å². The van der Waals surface area contributed by atoms with Gasteiger partial charge in [0.1, 0.15) is 17.3 Å². The van der Waals surface area contributed by atoms with Crippen molar-refractivity contribution < 1.29 is 4.74 Å². The highest BCUT2D eigenvalue weighted by atomic mass is 16.5. The van der Waals surface area contributed by atoms with Crippen molar-refractivity contribution in [3.8, 4) is 28.1 Å². The lowest BCUT2D eigenvalue weighted by atomic mass is 10.0. The first-order valence-electron chi connectivity index (χ1n) is 6.44. The summed E-state index contributed by atoms with van der Waals surface area (Å²) in [5, 5.41) is 12.2. The lowest BCUT2D eigenvalue weighted by Crippen LogP contribution is -1.98. The van der Waals surface area contributed by atoms with Crippen LogP contribution in [0, 0.1) is 0 Å². The van der Waals surface area contributed by atoms with Gasteiger partial charge in [0.2, 0.25) is 0 Å². The molecular formula is C15H15N5O. The van der Waals surface area contributed by atoms with Gasteiger partial charge in [0.25, 0.3) is 0 Å². The van der Waals surface area contributed by atoms with E-state index in [0.717, 1.165) is 28.1 Å². The Bertz CT molecular complexity index is 767. The number of anilines is 1. The zero-order valence-corrected chi connectivity index (χ0v) is 11.8. The number of hydrogen-bond acceptors (Lipinski definition) is 5. The molecule has 0 unspecified atom stereocenters. The van der Waals surface area contributed by atoms with Crippen LogP contribution in [0.2, 0.25) is 0 Å². The topological polar surface area (TPSA) is 78.9 Å². The van der Waals surface area contributed by atoms with Crippen molar-refractivity contribution in [2.45, 2.75) is 0 Å². The molecule has 2 aromatic heterocycles. The fourth-order valence-corrected chi connectivity index (χ4v) is 2.23. The number of hydrogen-bond donors (Lipinski definition) is 1. The van der Waals surface area contributed by atoms with Crippen LogP contribution in [0.4, 0.5) is 5.82 Å². The van der Waals surface area contributed by atoms with Gasteiger partial charge in [-0.05, 0) is 23.8 Å². The van der Waals surface area contributed by atoms with Gasteiger partial charge in [0, 0.05) is 12.6 Å². The Balaban J connectivity index is 2.22. The molecule has 0 aliphatic rings. The number of nitrogen functional groups attached to an aromatic ring is 1. The van der Waals surface area contributed by atoms with Crippen LogP contribution in [-0.2, 0) is 7.05 Å². The van der Waals surface area contributed by atoms with Crippen LogP contribution in [0.25, 0.3) is 22.4 Å². The Morgan fingerprint density at radius 3 is 2.71 bits per heavy atom. The average molecular weight is 281 g/mol. The summed E-state index contributed by atoms with van der Waals surface area (Å²) in [5.41, 5.74) is 9.65. The molecule has 0 amide bonds. The molecule has 0 bridgehead atoms. The number of nitrogens with zero attached hydrogens (tertiary/aromatic N) is 4. The highest BCUT2D eigenvalue weighted by molar-refractivity contribution is 5.88. The van der Waals surface area contributed by atoms with Gasteiger partial charge in [-0.25, -0.2) is 0 Å². The summed E-state index contributed by atoms with van der Waals surface area (Å²) in [6.45, 7) is 0. The first-order valence-corrected chi connectivity index (χ1v) is 6.44. The molecule has 3 aromatic rings. The third-order valence-electron chi connectivity index (χ3n) is 3.31. The molecule has 0 saturated carbocycles. The van der Waals surface area contributed by atoms with E-state index in [0.29, 0.717) is 5.82 Å². The number of aromatic nitrogens is 4. The minimum atomic E-state index is 0.593. The molecule has 21 heavy (non-hydrogen) atoms. The van der Waals surface area contributed by atoms with E-state index in [9.17, 15) is 0 Å². The second-order valence-corrected chi connectivity index (χ2v) is 4.60. The SMILES string of the molecule is COc1cccc(-c2c(-c3ccnnc3)nn(C)c2N)c1. The molecule has 0 saturated heterocycles. The maximum atomic E-state index is 6.19. The van der Waals surface area contributed by atoms with Crippen molar-refractivity contribution in [1.82, 2.24) is 20.0 Å². The predicted octanol–water partition coefficient (Wildman–Crippen LogP) is 2.13. The maximum Gasteiger partial charge on any atom is 0.129 e. The maximum absolute atomic E-state index is 6.19. The molecular weight excluding hydrogens is 266 g/mol. The summed E-state index contributed by atoms with van der Waals surface area (Å²) in [4.78, 5) is 0. The van der Waals surface area contributed by atoms with E-state index >= 15 is 0 Å². The van der Waals surface area contributed by atoms with Crippen molar-refractivity contribution in [3.63, 3.8) is 0 Å². The second kappa shape index (κ2) is 5.24. The van der Waals surface area contributed by atoms with Crippen molar-refractivity contribution in [3.05, 3.63) is 42.7 Å². The van der Waals surface area contributed by atoms with Crippen LogP contribution in [-0.4, -0.2) is 27.1 Å². The summed E-state index contributed by atoms with van der Waals surface area (Å²) in [6, 6.07) is 9.59. The molecule has 0 fully saturated rings. The second-order valence-electron chi connectivity index (χ2n) is 4.60. The first-order chi connectivity index (χ1) is 10.2. The zero-order valence-electron chi connectivity index (χ0n) is 11.8. The molecule has 0 atom stereocenters. The lowest BCUT2D eigenvalue weighted by Gasteiger charge is -2.06. The van der Waals surface area contributed by atoms with E-state index in [1.165, 1.54) is 0 Å². The van der Waals surface area contributed by atoms with Gasteiger partial charge in [-0.2, -0.15) is 15.3 Å². The number of rotatable bonds is 3. The van der Waals surface area contributed by atoms with Crippen molar-refractivity contribution in [2.24, 2.45) is 7.05 Å². The molecule has 0 radical (unpaired) electrons. The fourth-order valence-electron chi connectivity index (χ4n) is 2.23. The van der Waals surface area contributed by atoms with Crippen LogP contribution in [0.15, 0.2) is 42.7 Å². The van der Waals surface area contributed by atoms with E-state index < -0.39 is 0 Å². The average Bonchev–Trinajstić information content (AvgIpc) is 2.84. The summed E-state index contributed by atoms with van der Waals surface area (Å²) in [7, 11) is 3.45. The number of nitrogens with two attached hydrogens (primary N) is 1. The molecule has 2 N–H and O–H groups in total. The summed E-state index contributed by atoms with van der Waals surface area (Å²) >= 11 is 0. The minimum Gasteiger partial charge on any atom is -0.497 e. The molecule has 6 heteroatoms. The van der Waals surface area contributed by atoms with E-state index in [1.54, 1.807) is 24.2 Å². The molecule has 2 heterocycles. The normalized spacial score (nSPS) is 10.6. The van der Waals surface area contributed by atoms with Gasteiger partial charge in [-0.1, -0.05) is 12.1 Å². The lowest BCUT2D eigenvalue weighted by molar-refractivity contribution is 0.415. The highest BCUT2D eigenvalue weighted by Gasteiger charge is 2.17. The highest BCUT2D eigenvalue weighted by Crippen LogP contribution is 2.36. The molecule has 6 nitrogen and oxygen atoms in total. The van der Waals surface area contributed by atoms with Crippen molar-refractivity contribution in [2.75, 3.05) is 12.8 Å². The van der Waals surface area contributed by atoms with E-state index in [1.807, 2.05) is 37.4 Å². The Hall–Kier alpha value is -2.89. The first kappa shape index (κ1) is 13.1. The van der Waals surface area contributed by atoms with Gasteiger partial charge in [0.05, 0.1) is 25.1 Å². The standard InChI is InChI=1S/C15H15N5O/c1-20-15(16)13(10-4-3-5-12(8-10)21-2)14(19-20)11-6-7-17-18-9-11/h3-9H,16H2,1-2H3. The summed E-state index contributed by atoms with van der Waals surface area (Å²) in [6.07, 6.45) is 3.31. The number of ether oxygens (including phenoxy) is 1. The summed E-state index contributed by atoms with van der Waals surface area (Å²) < 4.78 is 6.94. The Morgan fingerprint density at radius 2 is 2.00 bits per heavy atom. The number of aryl methyl sites for hydroxylation is 1. The third kappa shape index (κ3) is 2.31. The third-order valence-corrected chi connectivity index (χ3v) is 3.31. The van der Waals surface area contributed by atoms with E-state index in [4.69, 9.17) is 10.5 Å². The van der Waals surface area contributed by atoms with Gasteiger partial charge in [-0.3, -0.25) is 4.68 Å². The van der Waals surface area contributed by atoms with Crippen LogP contribution in [0.1, 0.15) is 0 Å². The van der Waals surface area contributed by atoms with Gasteiger partial charge >= 0.3 is 0 Å². The number of methoxy groups -OCH3 is 1. The molecule has 0 aliphatic carbocycles. The predicted molar refractivity (Wildman–Crippen MR) is 80.6 cm³/mol. The largest absolute Gasteiger partial charge is 0.497 e. The molecule has 106 valence electrons. The zero-order chi connectivity index (χ0) is 14.8. The quantitative estimate of drug-likeness (QED) is 0.795. The fraction of sp³-hybridized carbons (Fsp3) is 0.133. The molecule has 3 rings (SSSR count). The van der Waals surface area contributed by atoms with Crippen LogP contribution in [0.3, 0.4) is 0 Å². The van der Waals surface area contributed by atoms with Crippen LogP contribution in [0.5, 0.6) is 5.75 Å².